The summed E-state index contributed by atoms with van der Waals surface area (Å²) in [6.07, 6.45) is 3.73. The van der Waals surface area contributed by atoms with E-state index in [1.54, 1.807) is 0 Å². The van der Waals surface area contributed by atoms with Gasteiger partial charge in [0.05, 0.1) is 5.69 Å². The minimum absolute atomic E-state index is 0.366. The third kappa shape index (κ3) is 3.07. The molecule has 5 heteroatoms. The Labute approximate surface area is 120 Å². The summed E-state index contributed by atoms with van der Waals surface area (Å²) in [6.45, 7) is 7.30. The Bertz CT molecular complexity index is 506. The predicted octanol–water partition coefficient (Wildman–Crippen LogP) is 2.03. The first-order valence-electron chi connectivity index (χ1n) is 7.48. The van der Waals surface area contributed by atoms with Crippen molar-refractivity contribution in [3.05, 3.63) is 16.8 Å². The molecule has 1 aliphatic heterocycles. The molecule has 5 nitrogen and oxygen atoms in total. The van der Waals surface area contributed by atoms with Crippen LogP contribution in [0.3, 0.4) is 0 Å². The van der Waals surface area contributed by atoms with Crippen LogP contribution in [0.1, 0.15) is 50.4 Å². The third-order valence-corrected chi connectivity index (χ3v) is 3.92. The van der Waals surface area contributed by atoms with E-state index < -0.39 is 0 Å². The van der Waals surface area contributed by atoms with Crippen molar-refractivity contribution in [3.8, 4) is 6.07 Å². The second kappa shape index (κ2) is 6.67. The Morgan fingerprint density at radius 2 is 2.15 bits per heavy atom. The molecule has 0 bridgehead atoms. The van der Waals surface area contributed by atoms with Crippen LogP contribution >= 0.6 is 0 Å². The van der Waals surface area contributed by atoms with E-state index in [0.29, 0.717) is 23.5 Å². The lowest BCUT2D eigenvalue weighted by Gasteiger charge is -2.29. The highest BCUT2D eigenvalue weighted by molar-refractivity contribution is 5.57. The SMILES string of the molecule is CCc1nnc(NC2CCNC(C)C2)c(C#N)c1CC. The van der Waals surface area contributed by atoms with Gasteiger partial charge >= 0.3 is 0 Å². The molecule has 0 radical (unpaired) electrons. The first kappa shape index (κ1) is 14.7. The van der Waals surface area contributed by atoms with Crippen molar-refractivity contribution in [3.63, 3.8) is 0 Å². The molecular formula is C15H23N5. The average molecular weight is 273 g/mol. The maximum absolute atomic E-state index is 9.46. The number of nitriles is 1. The van der Waals surface area contributed by atoms with Crippen LogP contribution in [0, 0.1) is 11.3 Å². The van der Waals surface area contributed by atoms with Crippen LogP contribution < -0.4 is 10.6 Å². The van der Waals surface area contributed by atoms with Crippen molar-refractivity contribution in [1.29, 1.82) is 5.26 Å². The molecule has 1 fully saturated rings. The van der Waals surface area contributed by atoms with Gasteiger partial charge in [-0.1, -0.05) is 13.8 Å². The Morgan fingerprint density at radius 3 is 2.75 bits per heavy atom. The number of piperidine rings is 1. The van der Waals surface area contributed by atoms with Gasteiger partial charge in [-0.05, 0) is 44.7 Å². The molecule has 0 aromatic carbocycles. The molecule has 20 heavy (non-hydrogen) atoms. The van der Waals surface area contributed by atoms with E-state index in [1.807, 2.05) is 6.92 Å². The topological polar surface area (TPSA) is 73.6 Å². The predicted molar refractivity (Wildman–Crippen MR) is 79.6 cm³/mol. The van der Waals surface area contributed by atoms with Gasteiger partial charge in [-0.2, -0.15) is 10.4 Å². The highest BCUT2D eigenvalue weighted by atomic mass is 15.2. The Balaban J connectivity index is 2.25. The van der Waals surface area contributed by atoms with Crippen molar-refractivity contribution < 1.29 is 0 Å². The molecule has 1 aromatic heterocycles. The summed E-state index contributed by atoms with van der Waals surface area (Å²) < 4.78 is 0. The molecule has 2 heterocycles. The molecular weight excluding hydrogens is 250 g/mol. The van der Waals surface area contributed by atoms with E-state index in [9.17, 15) is 5.26 Å². The van der Waals surface area contributed by atoms with Crippen molar-refractivity contribution in [2.75, 3.05) is 11.9 Å². The van der Waals surface area contributed by atoms with Crippen molar-refractivity contribution in [2.24, 2.45) is 0 Å². The molecule has 1 aromatic rings. The summed E-state index contributed by atoms with van der Waals surface area (Å²) in [6, 6.07) is 3.18. The van der Waals surface area contributed by atoms with Crippen molar-refractivity contribution in [2.45, 2.75) is 58.5 Å². The highest BCUT2D eigenvalue weighted by Crippen LogP contribution is 2.22. The van der Waals surface area contributed by atoms with Gasteiger partial charge in [0.25, 0.3) is 0 Å². The molecule has 2 unspecified atom stereocenters. The zero-order valence-corrected chi connectivity index (χ0v) is 12.5. The van der Waals surface area contributed by atoms with Gasteiger partial charge in [-0.25, -0.2) is 0 Å². The van der Waals surface area contributed by atoms with Gasteiger partial charge in [0.15, 0.2) is 5.82 Å². The number of rotatable bonds is 4. The van der Waals surface area contributed by atoms with Gasteiger partial charge in [-0.3, -0.25) is 0 Å². The van der Waals surface area contributed by atoms with Gasteiger partial charge in [0.1, 0.15) is 11.6 Å². The number of nitrogens with one attached hydrogen (secondary N) is 2. The fraction of sp³-hybridized carbons (Fsp3) is 0.667. The summed E-state index contributed by atoms with van der Waals surface area (Å²) in [5.41, 5.74) is 2.65. The quantitative estimate of drug-likeness (QED) is 0.878. The van der Waals surface area contributed by atoms with Crippen LogP contribution in [0.5, 0.6) is 0 Å². The normalized spacial score (nSPS) is 22.3. The van der Waals surface area contributed by atoms with Crippen LogP contribution in [0.4, 0.5) is 5.82 Å². The second-order valence-corrected chi connectivity index (χ2v) is 5.39. The Hall–Kier alpha value is -1.67. The molecule has 1 aliphatic rings. The number of hydrogen-bond acceptors (Lipinski definition) is 5. The summed E-state index contributed by atoms with van der Waals surface area (Å²) in [7, 11) is 0. The van der Waals surface area contributed by atoms with Gasteiger partial charge < -0.3 is 10.6 Å². The van der Waals surface area contributed by atoms with Gasteiger partial charge in [0, 0.05) is 12.1 Å². The average Bonchev–Trinajstić information content (AvgIpc) is 2.46. The Kier molecular flexibility index (Phi) is 4.91. The number of aryl methyl sites for hydroxylation is 1. The summed E-state index contributed by atoms with van der Waals surface area (Å²) in [5, 5.41) is 24.8. The number of anilines is 1. The second-order valence-electron chi connectivity index (χ2n) is 5.39. The summed E-state index contributed by atoms with van der Waals surface area (Å²) in [5.74, 6) is 0.653. The van der Waals surface area contributed by atoms with Gasteiger partial charge in [-0.15, -0.1) is 5.10 Å². The standard InChI is InChI=1S/C15H23N5/c1-4-12-13(9-16)15(20-19-14(12)5-2)18-11-6-7-17-10(3)8-11/h10-11,17H,4-8H2,1-3H3,(H,18,20). The largest absolute Gasteiger partial charge is 0.365 e. The maximum Gasteiger partial charge on any atom is 0.167 e. The molecule has 0 spiro atoms. The molecule has 2 rings (SSSR count). The molecule has 0 aliphatic carbocycles. The smallest absolute Gasteiger partial charge is 0.167 e. The summed E-state index contributed by atoms with van der Waals surface area (Å²) >= 11 is 0. The maximum atomic E-state index is 9.46. The van der Waals surface area contributed by atoms with Crippen LogP contribution in [0.15, 0.2) is 0 Å². The van der Waals surface area contributed by atoms with Crippen molar-refractivity contribution >= 4 is 5.82 Å². The zero-order chi connectivity index (χ0) is 14.5. The molecule has 0 saturated carbocycles. The molecule has 1 saturated heterocycles. The molecule has 108 valence electrons. The van der Waals surface area contributed by atoms with E-state index >= 15 is 0 Å². The minimum Gasteiger partial charge on any atom is -0.365 e. The van der Waals surface area contributed by atoms with E-state index in [-0.39, 0.29) is 0 Å². The van der Waals surface area contributed by atoms with Crippen LogP contribution in [0.2, 0.25) is 0 Å². The number of aromatic nitrogens is 2. The fourth-order valence-corrected chi connectivity index (χ4v) is 2.85. The molecule has 2 atom stereocenters. The van der Waals surface area contributed by atoms with Crippen LogP contribution in [-0.4, -0.2) is 28.8 Å². The third-order valence-electron chi connectivity index (χ3n) is 3.92. The van der Waals surface area contributed by atoms with E-state index in [4.69, 9.17) is 0 Å². The number of nitrogens with zero attached hydrogens (tertiary/aromatic N) is 3. The lowest BCUT2D eigenvalue weighted by molar-refractivity contribution is 0.395. The zero-order valence-electron chi connectivity index (χ0n) is 12.5. The van der Waals surface area contributed by atoms with E-state index in [0.717, 1.165) is 43.5 Å². The minimum atomic E-state index is 0.366. The number of hydrogen-bond donors (Lipinski definition) is 2. The highest BCUT2D eigenvalue weighted by Gasteiger charge is 2.21. The van der Waals surface area contributed by atoms with E-state index in [1.165, 1.54) is 0 Å². The lowest BCUT2D eigenvalue weighted by atomic mass is 9.99. The van der Waals surface area contributed by atoms with Crippen molar-refractivity contribution in [1.82, 2.24) is 15.5 Å². The van der Waals surface area contributed by atoms with Crippen LogP contribution in [-0.2, 0) is 12.8 Å². The van der Waals surface area contributed by atoms with Crippen LogP contribution in [0.25, 0.3) is 0 Å². The molecule has 2 N–H and O–H groups in total. The molecule has 0 amide bonds. The lowest BCUT2D eigenvalue weighted by Crippen LogP contribution is -2.41. The first-order chi connectivity index (χ1) is 9.69. The van der Waals surface area contributed by atoms with Gasteiger partial charge in [0.2, 0.25) is 0 Å². The van der Waals surface area contributed by atoms with E-state index in [2.05, 4.69) is 40.7 Å². The summed E-state index contributed by atoms with van der Waals surface area (Å²) in [4.78, 5) is 0. The monoisotopic (exact) mass is 273 g/mol. The first-order valence-corrected chi connectivity index (χ1v) is 7.48. The Morgan fingerprint density at radius 1 is 1.35 bits per heavy atom. The fourth-order valence-electron chi connectivity index (χ4n) is 2.85.